The number of benzene rings is 2. The van der Waals surface area contributed by atoms with Gasteiger partial charge >= 0.3 is 0 Å². The highest BCUT2D eigenvalue weighted by Gasteiger charge is 2.68. The molecular formula is C25H25ClF4N2O2S. The summed E-state index contributed by atoms with van der Waals surface area (Å²) in [5.74, 6) is -0.744. The molecule has 1 saturated carbocycles. The zero-order valence-corrected chi connectivity index (χ0v) is 20.6. The van der Waals surface area contributed by atoms with Gasteiger partial charge in [0.05, 0.1) is 16.8 Å². The molecule has 2 aromatic carbocycles. The number of aryl methyl sites for hydroxylation is 1. The highest BCUT2D eigenvalue weighted by Crippen LogP contribution is 2.72. The fourth-order valence-corrected chi connectivity index (χ4v) is 6.82. The molecule has 188 valence electrons. The minimum absolute atomic E-state index is 0.0315. The Morgan fingerprint density at radius 3 is 2.57 bits per heavy atom. The molecule has 3 unspecified atom stereocenters. The van der Waals surface area contributed by atoms with Gasteiger partial charge in [-0.1, -0.05) is 29.8 Å². The largest absolute Gasteiger partial charge is 0.273 e. The lowest BCUT2D eigenvalue weighted by atomic mass is 9.80. The normalized spacial score (nSPS) is 25.2. The van der Waals surface area contributed by atoms with Crippen molar-refractivity contribution in [3.8, 4) is 6.07 Å². The summed E-state index contributed by atoms with van der Waals surface area (Å²) in [6, 6.07) is 10.6. The molecule has 1 aliphatic heterocycles. The average molecular weight is 529 g/mol. The lowest BCUT2D eigenvalue weighted by Gasteiger charge is -2.25. The van der Waals surface area contributed by atoms with Crippen LogP contribution in [0.15, 0.2) is 36.4 Å². The first kappa shape index (κ1) is 25.9. The van der Waals surface area contributed by atoms with E-state index < -0.39 is 39.3 Å². The Balaban J connectivity index is 1.67. The van der Waals surface area contributed by atoms with Gasteiger partial charge in [-0.15, -0.1) is 0 Å². The van der Waals surface area contributed by atoms with Crippen LogP contribution in [-0.4, -0.2) is 38.5 Å². The molecule has 2 aromatic rings. The van der Waals surface area contributed by atoms with Crippen molar-refractivity contribution in [1.82, 2.24) is 4.31 Å². The minimum Gasteiger partial charge on any atom is -0.236 e. The van der Waals surface area contributed by atoms with Gasteiger partial charge in [0.1, 0.15) is 11.9 Å². The van der Waals surface area contributed by atoms with E-state index in [1.54, 1.807) is 18.2 Å². The van der Waals surface area contributed by atoms with E-state index >= 15 is 0 Å². The highest BCUT2D eigenvalue weighted by atomic mass is 35.5. The van der Waals surface area contributed by atoms with Crippen molar-refractivity contribution in [2.24, 2.45) is 10.8 Å². The summed E-state index contributed by atoms with van der Waals surface area (Å²) in [5.41, 5.74) is -0.287. The van der Waals surface area contributed by atoms with E-state index in [4.69, 9.17) is 16.9 Å². The number of hydrogen-bond acceptors (Lipinski definition) is 3. The molecule has 0 N–H and O–H groups in total. The maximum Gasteiger partial charge on any atom is 0.273 e. The van der Waals surface area contributed by atoms with Crippen LogP contribution in [0.4, 0.5) is 17.6 Å². The van der Waals surface area contributed by atoms with E-state index in [2.05, 4.69) is 0 Å². The molecule has 35 heavy (non-hydrogen) atoms. The van der Waals surface area contributed by atoms with E-state index in [1.807, 2.05) is 6.07 Å². The molecule has 0 bridgehead atoms. The topological polar surface area (TPSA) is 61.2 Å². The number of halogens is 5. The number of nitrogens with zero attached hydrogens (tertiary/aromatic N) is 2. The average Bonchev–Trinajstić information content (AvgIpc) is 3.15. The molecule has 1 spiro atoms. The second kappa shape index (κ2) is 9.38. The van der Waals surface area contributed by atoms with Crippen LogP contribution in [0, 0.1) is 28.0 Å². The lowest BCUT2D eigenvalue weighted by Crippen LogP contribution is -2.29. The molecule has 0 amide bonds. The lowest BCUT2D eigenvalue weighted by molar-refractivity contribution is 0.0486. The number of hydrogen-bond donors (Lipinski definition) is 0. The van der Waals surface area contributed by atoms with Crippen molar-refractivity contribution >= 4 is 21.6 Å². The third-order valence-electron chi connectivity index (χ3n) is 7.70. The SMILES string of the molecule is CS(=O)(=O)N1CCC2(C1)CC2(CCc1ccc(C#N)c(Cl)c1)Cc1c(F)cccc1C(F)C(F)F. The van der Waals surface area contributed by atoms with Gasteiger partial charge in [-0.25, -0.2) is 30.3 Å². The predicted octanol–water partition coefficient (Wildman–Crippen LogP) is 5.84. The molecule has 0 radical (unpaired) electrons. The Morgan fingerprint density at radius 2 is 1.97 bits per heavy atom. The van der Waals surface area contributed by atoms with Gasteiger partial charge in [-0.2, -0.15) is 5.26 Å². The van der Waals surface area contributed by atoms with E-state index in [-0.39, 0.29) is 24.1 Å². The highest BCUT2D eigenvalue weighted by molar-refractivity contribution is 7.88. The second-order valence-corrected chi connectivity index (χ2v) is 12.1. The molecule has 10 heteroatoms. The monoisotopic (exact) mass is 528 g/mol. The van der Waals surface area contributed by atoms with E-state index in [0.717, 1.165) is 17.9 Å². The quantitative estimate of drug-likeness (QED) is 0.404. The van der Waals surface area contributed by atoms with Gasteiger partial charge in [0.2, 0.25) is 10.0 Å². The standard InChI is InChI=1S/C25H25ClF4N2O2S/c1-35(33,34)32-10-9-25(15-32)14-24(25,8-7-16-5-6-17(13-31)20(26)11-16)12-19-18(22(28)23(29)30)3-2-4-21(19)27/h2-6,11,22-23H,7-10,12,14-15H2,1H3. The minimum atomic E-state index is -3.43. The molecule has 1 aliphatic carbocycles. The van der Waals surface area contributed by atoms with Crippen molar-refractivity contribution in [3.63, 3.8) is 0 Å². The molecule has 4 nitrogen and oxygen atoms in total. The fraction of sp³-hybridized carbons (Fsp3) is 0.480. The number of nitriles is 1. The fourth-order valence-electron chi connectivity index (χ4n) is 5.67. The van der Waals surface area contributed by atoms with Crippen LogP contribution in [0.5, 0.6) is 0 Å². The Bertz CT molecular complexity index is 1280. The maximum atomic E-state index is 14.9. The summed E-state index contributed by atoms with van der Waals surface area (Å²) in [7, 11) is -3.43. The second-order valence-electron chi connectivity index (χ2n) is 9.73. The number of sulfonamides is 1. The van der Waals surface area contributed by atoms with Crippen LogP contribution in [0.3, 0.4) is 0 Å². The molecule has 0 aromatic heterocycles. The van der Waals surface area contributed by atoms with Gasteiger partial charge in [0.15, 0.2) is 6.17 Å². The summed E-state index contributed by atoms with van der Waals surface area (Å²) in [5, 5.41) is 9.41. The number of rotatable bonds is 8. The molecule has 2 fully saturated rings. The third kappa shape index (κ3) is 4.93. The number of alkyl halides is 3. The smallest absolute Gasteiger partial charge is 0.236 e. The first-order chi connectivity index (χ1) is 16.4. The molecule has 1 saturated heterocycles. The van der Waals surface area contributed by atoms with Gasteiger partial charge in [-0.3, -0.25) is 0 Å². The summed E-state index contributed by atoms with van der Waals surface area (Å²) in [6.07, 6.45) is -2.57. The molecule has 4 rings (SSSR count). The Hall–Kier alpha value is -2.15. The summed E-state index contributed by atoms with van der Waals surface area (Å²) in [4.78, 5) is 0. The summed E-state index contributed by atoms with van der Waals surface area (Å²) in [6.45, 7) is 0.591. The van der Waals surface area contributed by atoms with Crippen LogP contribution in [0.1, 0.15) is 47.7 Å². The van der Waals surface area contributed by atoms with Crippen molar-refractivity contribution < 1.29 is 26.0 Å². The first-order valence-corrected chi connectivity index (χ1v) is 13.5. The molecule has 3 atom stereocenters. The van der Waals surface area contributed by atoms with Gasteiger partial charge < -0.3 is 0 Å². The zero-order valence-electron chi connectivity index (χ0n) is 19.1. The predicted molar refractivity (Wildman–Crippen MR) is 125 cm³/mol. The first-order valence-electron chi connectivity index (χ1n) is 11.2. The van der Waals surface area contributed by atoms with Gasteiger partial charge in [-0.05, 0) is 77.8 Å². The van der Waals surface area contributed by atoms with Crippen molar-refractivity contribution in [1.29, 1.82) is 5.26 Å². The van der Waals surface area contributed by atoms with Crippen LogP contribution in [-0.2, 0) is 22.9 Å². The Morgan fingerprint density at radius 1 is 1.23 bits per heavy atom. The van der Waals surface area contributed by atoms with Crippen LogP contribution < -0.4 is 0 Å². The van der Waals surface area contributed by atoms with Crippen LogP contribution in [0.25, 0.3) is 0 Å². The molecular weight excluding hydrogens is 504 g/mol. The van der Waals surface area contributed by atoms with Crippen molar-refractivity contribution in [2.45, 2.75) is 44.7 Å². The zero-order chi connectivity index (χ0) is 25.6. The van der Waals surface area contributed by atoms with Crippen molar-refractivity contribution in [2.75, 3.05) is 19.3 Å². The van der Waals surface area contributed by atoms with Crippen LogP contribution in [0.2, 0.25) is 5.02 Å². The summed E-state index contributed by atoms with van der Waals surface area (Å²) >= 11 is 6.16. The van der Waals surface area contributed by atoms with E-state index in [9.17, 15) is 26.0 Å². The molecule has 2 aliphatic rings. The van der Waals surface area contributed by atoms with Gasteiger partial charge in [0.25, 0.3) is 6.43 Å². The van der Waals surface area contributed by atoms with E-state index in [1.165, 1.54) is 16.4 Å². The Kier molecular flexibility index (Phi) is 6.95. The van der Waals surface area contributed by atoms with Gasteiger partial charge in [0, 0.05) is 13.1 Å². The van der Waals surface area contributed by atoms with Crippen molar-refractivity contribution in [3.05, 3.63) is 69.5 Å². The van der Waals surface area contributed by atoms with Crippen LogP contribution >= 0.6 is 11.6 Å². The Labute approximate surface area is 207 Å². The molecule has 1 heterocycles. The summed E-state index contributed by atoms with van der Waals surface area (Å²) < 4.78 is 81.5. The third-order valence-corrected chi connectivity index (χ3v) is 9.26. The maximum absolute atomic E-state index is 14.9. The van der Waals surface area contributed by atoms with E-state index in [0.29, 0.717) is 42.8 Å².